The Bertz CT molecular complexity index is 899. The third-order valence-corrected chi connectivity index (χ3v) is 5.61. The summed E-state index contributed by atoms with van der Waals surface area (Å²) in [6.07, 6.45) is 1.46. The number of amides is 2. The van der Waals surface area contributed by atoms with Crippen molar-refractivity contribution in [2.75, 3.05) is 13.1 Å². The topological polar surface area (TPSA) is 58.6 Å². The Morgan fingerprint density at radius 1 is 1.10 bits per heavy atom. The molecule has 160 valence electrons. The fourth-order valence-electron chi connectivity index (χ4n) is 3.67. The van der Waals surface area contributed by atoms with Gasteiger partial charge in [-0.25, -0.2) is 4.79 Å². The fourth-order valence-corrected chi connectivity index (χ4v) is 4.06. The van der Waals surface area contributed by atoms with E-state index in [4.69, 9.17) is 4.74 Å². The number of piperidine rings is 1. The molecule has 2 aromatic rings. The van der Waals surface area contributed by atoms with E-state index < -0.39 is 11.7 Å². The summed E-state index contributed by atoms with van der Waals surface area (Å²) in [5, 5.41) is 2.81. The standard InChI is InChI=1S/C24H29BrN2O3/c1-24(2,3)30-23(29)26-16-17-6-4-7-19(14-17)18-10-12-27(13-11-18)22(28)20-8-5-9-21(25)15-20/h4-9,14-15,18H,10-13,16H2,1-3H3,(H,26,29). The lowest BCUT2D eigenvalue weighted by Crippen LogP contribution is -2.38. The van der Waals surface area contributed by atoms with Gasteiger partial charge >= 0.3 is 6.09 Å². The van der Waals surface area contributed by atoms with Gasteiger partial charge in [0.25, 0.3) is 5.91 Å². The molecule has 1 saturated heterocycles. The van der Waals surface area contributed by atoms with Crippen LogP contribution in [0.3, 0.4) is 0 Å². The lowest BCUT2D eigenvalue weighted by molar-refractivity contribution is 0.0523. The van der Waals surface area contributed by atoms with Crippen molar-refractivity contribution >= 4 is 27.9 Å². The minimum Gasteiger partial charge on any atom is -0.444 e. The minimum atomic E-state index is -0.507. The number of likely N-dealkylation sites (tertiary alicyclic amines) is 1. The van der Waals surface area contributed by atoms with Crippen molar-refractivity contribution in [2.45, 2.75) is 51.7 Å². The number of benzene rings is 2. The molecule has 1 aliphatic heterocycles. The van der Waals surface area contributed by atoms with Crippen molar-refractivity contribution in [1.29, 1.82) is 0 Å². The van der Waals surface area contributed by atoms with Crippen LogP contribution in [-0.4, -0.2) is 35.6 Å². The van der Waals surface area contributed by atoms with Gasteiger partial charge in [0.15, 0.2) is 0 Å². The van der Waals surface area contributed by atoms with Crippen LogP contribution >= 0.6 is 15.9 Å². The van der Waals surface area contributed by atoms with Crippen molar-refractivity contribution in [3.05, 3.63) is 69.7 Å². The van der Waals surface area contributed by atoms with Crippen LogP contribution in [-0.2, 0) is 11.3 Å². The highest BCUT2D eigenvalue weighted by Crippen LogP contribution is 2.29. The maximum atomic E-state index is 12.8. The summed E-state index contributed by atoms with van der Waals surface area (Å²) >= 11 is 3.43. The number of carbonyl (C=O) groups excluding carboxylic acids is 2. The molecule has 0 aliphatic carbocycles. The fraction of sp³-hybridized carbons (Fsp3) is 0.417. The van der Waals surface area contributed by atoms with Gasteiger partial charge in [-0.3, -0.25) is 4.79 Å². The number of hydrogen-bond donors (Lipinski definition) is 1. The largest absolute Gasteiger partial charge is 0.444 e. The molecule has 0 radical (unpaired) electrons. The summed E-state index contributed by atoms with van der Waals surface area (Å²) in [4.78, 5) is 26.6. The number of carbonyl (C=O) groups is 2. The van der Waals surface area contributed by atoms with Gasteiger partial charge in [-0.1, -0.05) is 46.3 Å². The lowest BCUT2D eigenvalue weighted by Gasteiger charge is -2.32. The first-order valence-corrected chi connectivity index (χ1v) is 11.1. The predicted molar refractivity (Wildman–Crippen MR) is 122 cm³/mol. The molecule has 2 aromatic carbocycles. The van der Waals surface area contributed by atoms with Gasteiger partial charge in [0.05, 0.1) is 0 Å². The van der Waals surface area contributed by atoms with E-state index in [-0.39, 0.29) is 5.91 Å². The molecule has 1 heterocycles. The van der Waals surface area contributed by atoms with Gasteiger partial charge in [-0.2, -0.15) is 0 Å². The first-order valence-electron chi connectivity index (χ1n) is 10.3. The van der Waals surface area contributed by atoms with Crippen LogP contribution in [0.4, 0.5) is 4.79 Å². The van der Waals surface area contributed by atoms with E-state index in [1.54, 1.807) is 0 Å². The van der Waals surface area contributed by atoms with Gasteiger partial charge in [-0.15, -0.1) is 0 Å². The molecule has 0 saturated carbocycles. The molecule has 6 heteroatoms. The van der Waals surface area contributed by atoms with Crippen LogP contribution < -0.4 is 5.32 Å². The van der Waals surface area contributed by atoms with Crippen molar-refractivity contribution < 1.29 is 14.3 Å². The Morgan fingerprint density at radius 2 is 1.80 bits per heavy atom. The summed E-state index contributed by atoms with van der Waals surface area (Å²) in [5.74, 6) is 0.503. The quantitative estimate of drug-likeness (QED) is 0.639. The highest BCUT2D eigenvalue weighted by Gasteiger charge is 2.25. The molecule has 0 atom stereocenters. The zero-order chi connectivity index (χ0) is 21.7. The zero-order valence-electron chi connectivity index (χ0n) is 17.8. The van der Waals surface area contributed by atoms with Gasteiger partial charge in [0.2, 0.25) is 0 Å². The van der Waals surface area contributed by atoms with Gasteiger partial charge in [-0.05, 0) is 68.9 Å². The van der Waals surface area contributed by atoms with Crippen molar-refractivity contribution in [2.24, 2.45) is 0 Å². The Hall–Kier alpha value is -2.34. The summed E-state index contributed by atoms with van der Waals surface area (Å²) in [6, 6.07) is 15.9. The van der Waals surface area contributed by atoms with Crippen LogP contribution in [0.5, 0.6) is 0 Å². The second-order valence-electron chi connectivity index (χ2n) is 8.68. The number of nitrogens with one attached hydrogen (secondary N) is 1. The van der Waals surface area contributed by atoms with E-state index in [1.165, 1.54) is 5.56 Å². The zero-order valence-corrected chi connectivity index (χ0v) is 19.4. The van der Waals surface area contributed by atoms with Crippen molar-refractivity contribution in [1.82, 2.24) is 10.2 Å². The van der Waals surface area contributed by atoms with Crippen molar-refractivity contribution in [3.63, 3.8) is 0 Å². The maximum Gasteiger partial charge on any atom is 0.407 e. The highest BCUT2D eigenvalue weighted by molar-refractivity contribution is 9.10. The SMILES string of the molecule is CC(C)(C)OC(=O)NCc1cccc(C2CCN(C(=O)c3cccc(Br)c3)CC2)c1. The Morgan fingerprint density at radius 3 is 2.47 bits per heavy atom. The highest BCUT2D eigenvalue weighted by atomic mass is 79.9. The molecule has 2 amide bonds. The van der Waals surface area contributed by atoms with E-state index in [0.717, 1.165) is 41.5 Å². The lowest BCUT2D eigenvalue weighted by atomic mass is 9.88. The Balaban J connectivity index is 1.55. The van der Waals surface area contributed by atoms with Crippen LogP contribution in [0.1, 0.15) is 61.0 Å². The number of alkyl carbamates (subject to hydrolysis) is 1. The molecule has 1 fully saturated rings. The third-order valence-electron chi connectivity index (χ3n) is 5.11. The molecule has 0 bridgehead atoms. The first kappa shape index (κ1) is 22.3. The van der Waals surface area contributed by atoms with E-state index >= 15 is 0 Å². The molecule has 1 aliphatic rings. The molecule has 5 nitrogen and oxygen atoms in total. The van der Waals surface area contributed by atoms with E-state index in [2.05, 4.69) is 33.4 Å². The number of rotatable bonds is 4. The van der Waals surface area contributed by atoms with Crippen LogP contribution in [0.25, 0.3) is 0 Å². The summed E-state index contributed by atoms with van der Waals surface area (Å²) < 4.78 is 6.21. The molecule has 0 unspecified atom stereocenters. The second kappa shape index (κ2) is 9.65. The number of hydrogen-bond acceptors (Lipinski definition) is 3. The van der Waals surface area contributed by atoms with Crippen LogP contribution in [0.15, 0.2) is 53.0 Å². The maximum absolute atomic E-state index is 12.8. The average Bonchev–Trinajstić information content (AvgIpc) is 2.71. The minimum absolute atomic E-state index is 0.0880. The Labute approximate surface area is 186 Å². The molecular formula is C24H29BrN2O3. The molecular weight excluding hydrogens is 444 g/mol. The molecule has 3 rings (SSSR count). The predicted octanol–water partition coefficient (Wildman–Crippen LogP) is 5.49. The van der Waals surface area contributed by atoms with E-state index in [0.29, 0.717) is 12.5 Å². The normalized spacial score (nSPS) is 15.0. The smallest absolute Gasteiger partial charge is 0.407 e. The van der Waals surface area contributed by atoms with Gasteiger partial charge < -0.3 is 15.0 Å². The van der Waals surface area contributed by atoms with E-state index in [1.807, 2.05) is 62.1 Å². The number of halogens is 1. The Kier molecular flexibility index (Phi) is 7.19. The molecule has 0 aromatic heterocycles. The summed E-state index contributed by atoms with van der Waals surface area (Å²) in [6.45, 7) is 7.47. The molecule has 0 spiro atoms. The summed E-state index contributed by atoms with van der Waals surface area (Å²) in [5.41, 5.74) is 2.52. The number of ether oxygens (including phenoxy) is 1. The second-order valence-corrected chi connectivity index (χ2v) is 9.59. The number of nitrogens with zero attached hydrogens (tertiary/aromatic N) is 1. The molecule has 1 N–H and O–H groups in total. The molecule has 30 heavy (non-hydrogen) atoms. The van der Waals surface area contributed by atoms with Gasteiger partial charge in [0, 0.05) is 29.7 Å². The van der Waals surface area contributed by atoms with Crippen molar-refractivity contribution in [3.8, 4) is 0 Å². The summed E-state index contributed by atoms with van der Waals surface area (Å²) in [7, 11) is 0. The van der Waals surface area contributed by atoms with Gasteiger partial charge in [0.1, 0.15) is 5.60 Å². The third kappa shape index (κ3) is 6.33. The monoisotopic (exact) mass is 472 g/mol. The van der Waals surface area contributed by atoms with Crippen LogP contribution in [0, 0.1) is 0 Å². The van der Waals surface area contributed by atoms with Crippen LogP contribution in [0.2, 0.25) is 0 Å². The average molecular weight is 473 g/mol. The first-order chi connectivity index (χ1) is 14.2. The van der Waals surface area contributed by atoms with E-state index in [9.17, 15) is 9.59 Å².